The molecule has 0 spiro atoms. The Hall–Kier alpha value is -3.49. The van der Waals surface area contributed by atoms with Crippen molar-refractivity contribution in [3.63, 3.8) is 0 Å². The highest BCUT2D eigenvalue weighted by molar-refractivity contribution is 6.20. The molecule has 152 valence electrons. The van der Waals surface area contributed by atoms with Crippen molar-refractivity contribution >= 4 is 35.1 Å². The van der Waals surface area contributed by atoms with Gasteiger partial charge in [-0.15, -0.1) is 0 Å². The molecule has 1 atom stereocenters. The lowest BCUT2D eigenvalue weighted by Crippen LogP contribution is -2.31. The first-order valence-electron chi connectivity index (χ1n) is 9.17. The normalized spacial score (nSPS) is 14.8. The van der Waals surface area contributed by atoms with Crippen LogP contribution in [0.4, 0.5) is 11.4 Å². The molecule has 3 rings (SSSR count). The zero-order valence-corrected chi connectivity index (χ0v) is 16.7. The van der Waals surface area contributed by atoms with Crippen molar-refractivity contribution in [3.8, 4) is 0 Å². The number of nitrogens with one attached hydrogen (secondary N) is 1. The third-order valence-electron chi connectivity index (χ3n) is 4.80. The molecule has 9 heteroatoms. The number of rotatable bonds is 5. The Balaban J connectivity index is 1.69. The van der Waals surface area contributed by atoms with Crippen molar-refractivity contribution in [2.45, 2.75) is 39.7 Å². The van der Waals surface area contributed by atoms with E-state index in [9.17, 15) is 19.2 Å². The van der Waals surface area contributed by atoms with Gasteiger partial charge in [0.1, 0.15) is 0 Å². The minimum absolute atomic E-state index is 0.142. The highest BCUT2D eigenvalue weighted by Gasteiger charge is 2.31. The molecule has 1 N–H and O–H groups in total. The lowest BCUT2D eigenvalue weighted by atomic mass is 10.2. The van der Waals surface area contributed by atoms with Crippen molar-refractivity contribution in [2.24, 2.45) is 7.05 Å². The number of esters is 1. The van der Waals surface area contributed by atoms with Crippen LogP contribution in [0.3, 0.4) is 0 Å². The van der Waals surface area contributed by atoms with Crippen LogP contribution in [0, 0.1) is 13.8 Å². The van der Waals surface area contributed by atoms with Gasteiger partial charge in [0, 0.05) is 19.9 Å². The number of anilines is 2. The SMILES string of the molecule is Cc1nn(C)c(C)c1NC(=O)[C@H](C)OC(=O)c1cccc(N2C(=O)CCC2=O)c1. The number of amides is 3. The molecular formula is C20H22N4O5. The Morgan fingerprint density at radius 1 is 1.17 bits per heavy atom. The van der Waals surface area contributed by atoms with Gasteiger partial charge in [0.05, 0.1) is 28.3 Å². The number of ether oxygens (including phenoxy) is 1. The highest BCUT2D eigenvalue weighted by atomic mass is 16.5. The molecule has 0 saturated carbocycles. The van der Waals surface area contributed by atoms with Gasteiger partial charge < -0.3 is 10.1 Å². The largest absolute Gasteiger partial charge is 0.449 e. The lowest BCUT2D eigenvalue weighted by molar-refractivity contribution is -0.124. The molecule has 2 heterocycles. The van der Waals surface area contributed by atoms with Crippen LogP contribution in [0.15, 0.2) is 24.3 Å². The number of hydrogen-bond acceptors (Lipinski definition) is 6. The van der Waals surface area contributed by atoms with E-state index in [1.165, 1.54) is 19.1 Å². The van der Waals surface area contributed by atoms with Gasteiger partial charge in [0.2, 0.25) is 11.8 Å². The summed E-state index contributed by atoms with van der Waals surface area (Å²) >= 11 is 0. The zero-order chi connectivity index (χ0) is 21.3. The molecule has 0 radical (unpaired) electrons. The van der Waals surface area contributed by atoms with E-state index in [0.717, 1.165) is 10.6 Å². The molecule has 9 nitrogen and oxygen atoms in total. The van der Waals surface area contributed by atoms with Gasteiger partial charge in [-0.25, -0.2) is 4.79 Å². The van der Waals surface area contributed by atoms with Gasteiger partial charge in [0.25, 0.3) is 5.91 Å². The van der Waals surface area contributed by atoms with Crippen molar-refractivity contribution in [1.82, 2.24) is 9.78 Å². The standard InChI is InChI=1S/C20H22N4O5/c1-11-18(12(2)23(4)22-11)21-19(27)13(3)29-20(28)14-6-5-7-15(10-14)24-16(25)8-9-17(24)26/h5-7,10,13H,8-9H2,1-4H3,(H,21,27)/t13-/m0/s1. The first-order valence-corrected chi connectivity index (χ1v) is 9.17. The van der Waals surface area contributed by atoms with Gasteiger partial charge in [0.15, 0.2) is 6.10 Å². The fourth-order valence-electron chi connectivity index (χ4n) is 3.10. The quantitative estimate of drug-likeness (QED) is 0.608. The van der Waals surface area contributed by atoms with E-state index < -0.39 is 18.0 Å². The minimum Gasteiger partial charge on any atom is -0.449 e. The van der Waals surface area contributed by atoms with E-state index in [4.69, 9.17) is 4.74 Å². The van der Waals surface area contributed by atoms with Crippen molar-refractivity contribution < 1.29 is 23.9 Å². The number of hydrogen-bond donors (Lipinski definition) is 1. The molecule has 2 aromatic rings. The van der Waals surface area contributed by atoms with Gasteiger partial charge in [-0.3, -0.25) is 24.0 Å². The Morgan fingerprint density at radius 3 is 2.41 bits per heavy atom. The number of imide groups is 1. The summed E-state index contributed by atoms with van der Waals surface area (Å²) in [6.07, 6.45) is -0.754. The van der Waals surface area contributed by atoms with E-state index in [-0.39, 0.29) is 30.2 Å². The van der Waals surface area contributed by atoms with Crippen LogP contribution in [0.5, 0.6) is 0 Å². The van der Waals surface area contributed by atoms with Crippen molar-refractivity contribution in [3.05, 3.63) is 41.2 Å². The van der Waals surface area contributed by atoms with Crippen LogP contribution in [0.25, 0.3) is 0 Å². The smallest absolute Gasteiger partial charge is 0.338 e. The Bertz CT molecular complexity index is 994. The van der Waals surface area contributed by atoms with Gasteiger partial charge in [-0.2, -0.15) is 5.10 Å². The Kier molecular flexibility index (Phi) is 5.49. The summed E-state index contributed by atoms with van der Waals surface area (Å²) in [6.45, 7) is 5.05. The predicted molar refractivity (Wildman–Crippen MR) is 104 cm³/mol. The topological polar surface area (TPSA) is 111 Å². The molecule has 1 fully saturated rings. The van der Waals surface area contributed by atoms with Crippen molar-refractivity contribution in [2.75, 3.05) is 10.2 Å². The fourth-order valence-corrected chi connectivity index (χ4v) is 3.10. The summed E-state index contributed by atoms with van der Waals surface area (Å²) in [7, 11) is 1.77. The summed E-state index contributed by atoms with van der Waals surface area (Å²) in [5.41, 5.74) is 2.47. The molecule has 0 unspecified atom stereocenters. The van der Waals surface area contributed by atoms with E-state index in [0.29, 0.717) is 17.1 Å². The maximum absolute atomic E-state index is 12.5. The number of carbonyl (C=O) groups excluding carboxylic acids is 4. The first-order chi connectivity index (χ1) is 13.7. The maximum Gasteiger partial charge on any atom is 0.338 e. The molecule has 1 aromatic heterocycles. The molecular weight excluding hydrogens is 376 g/mol. The van der Waals surface area contributed by atoms with Gasteiger partial charge >= 0.3 is 5.97 Å². The summed E-state index contributed by atoms with van der Waals surface area (Å²) < 4.78 is 6.91. The van der Waals surface area contributed by atoms with E-state index in [2.05, 4.69) is 10.4 Å². The van der Waals surface area contributed by atoms with Crippen LogP contribution in [-0.4, -0.2) is 39.6 Å². The molecule has 0 aliphatic carbocycles. The molecule has 1 saturated heterocycles. The molecule has 29 heavy (non-hydrogen) atoms. The number of aromatic nitrogens is 2. The third kappa shape index (κ3) is 4.03. The van der Waals surface area contributed by atoms with Crippen LogP contribution >= 0.6 is 0 Å². The molecule has 1 aromatic carbocycles. The maximum atomic E-state index is 12.5. The highest BCUT2D eigenvalue weighted by Crippen LogP contribution is 2.24. The third-order valence-corrected chi connectivity index (χ3v) is 4.80. The number of aryl methyl sites for hydroxylation is 2. The second kappa shape index (κ2) is 7.86. The summed E-state index contributed by atoms with van der Waals surface area (Å²) in [4.78, 5) is 49.7. The number of benzene rings is 1. The molecule has 0 bridgehead atoms. The lowest BCUT2D eigenvalue weighted by Gasteiger charge is -2.16. The molecule has 1 aliphatic rings. The summed E-state index contributed by atoms with van der Waals surface area (Å²) in [5.74, 6) is -1.84. The molecule has 1 aliphatic heterocycles. The van der Waals surface area contributed by atoms with Gasteiger partial charge in [-0.1, -0.05) is 6.07 Å². The predicted octanol–water partition coefficient (Wildman–Crippen LogP) is 1.87. The van der Waals surface area contributed by atoms with Crippen molar-refractivity contribution in [1.29, 1.82) is 0 Å². The average molecular weight is 398 g/mol. The minimum atomic E-state index is -1.06. The van der Waals surface area contributed by atoms with E-state index in [1.54, 1.807) is 30.8 Å². The van der Waals surface area contributed by atoms with Crippen LogP contribution in [0.1, 0.15) is 41.5 Å². The number of carbonyl (C=O) groups is 4. The molecule has 3 amide bonds. The van der Waals surface area contributed by atoms with Crippen LogP contribution in [-0.2, 0) is 26.2 Å². The van der Waals surface area contributed by atoms with Crippen LogP contribution in [0.2, 0.25) is 0 Å². The van der Waals surface area contributed by atoms with Crippen LogP contribution < -0.4 is 10.2 Å². The van der Waals surface area contributed by atoms with Gasteiger partial charge in [-0.05, 0) is 39.0 Å². The number of nitrogens with zero attached hydrogens (tertiary/aromatic N) is 3. The Morgan fingerprint density at radius 2 is 1.83 bits per heavy atom. The fraction of sp³-hybridized carbons (Fsp3) is 0.350. The summed E-state index contributed by atoms with van der Waals surface area (Å²) in [5, 5.41) is 6.95. The second-order valence-corrected chi connectivity index (χ2v) is 6.88. The monoisotopic (exact) mass is 398 g/mol. The van der Waals surface area contributed by atoms with E-state index >= 15 is 0 Å². The zero-order valence-electron chi connectivity index (χ0n) is 16.7. The van der Waals surface area contributed by atoms with E-state index in [1.807, 2.05) is 6.92 Å². The average Bonchev–Trinajstić information content (AvgIpc) is 3.14. The Labute approximate surface area is 167 Å². The summed E-state index contributed by atoms with van der Waals surface area (Å²) in [6, 6.07) is 6.03. The first kappa shape index (κ1) is 20.2. The second-order valence-electron chi connectivity index (χ2n) is 6.88.